The summed E-state index contributed by atoms with van der Waals surface area (Å²) in [7, 11) is 0. The van der Waals surface area contributed by atoms with Crippen LogP contribution >= 0.6 is 0 Å². The van der Waals surface area contributed by atoms with Crippen molar-refractivity contribution in [1.82, 2.24) is 0 Å². The summed E-state index contributed by atoms with van der Waals surface area (Å²) in [6, 6.07) is 25.9. The van der Waals surface area contributed by atoms with Crippen LogP contribution in [-0.2, 0) is 0 Å². The maximum absolute atomic E-state index is 4.20. The molecule has 4 aromatic rings. The second kappa shape index (κ2) is 5.40. The summed E-state index contributed by atoms with van der Waals surface area (Å²) in [4.78, 5) is 0. The molecule has 0 spiro atoms. The molecule has 4 rings (SSSR count). The van der Waals surface area contributed by atoms with Gasteiger partial charge in [0.2, 0.25) is 0 Å². The first-order chi connectivity index (χ1) is 11.3. The molecule has 0 saturated heterocycles. The number of hydrogen-bond acceptors (Lipinski definition) is 0. The summed E-state index contributed by atoms with van der Waals surface area (Å²) in [5.41, 5.74) is 0. The molecule has 0 heterocycles. The molecule has 0 atom stereocenters. The molecule has 0 bridgehead atoms. The zero-order valence-corrected chi connectivity index (χ0v) is 13.2. The predicted octanol–water partition coefficient (Wildman–Crippen LogP) is 4.49. The molecule has 0 amide bonds. The van der Waals surface area contributed by atoms with Crippen LogP contribution in [0.15, 0.2) is 72.8 Å². The molecule has 4 aromatic carbocycles. The molecule has 0 aliphatic heterocycles. The molecule has 0 aliphatic rings. The molecule has 23 heavy (non-hydrogen) atoms. The molecule has 0 unspecified atom stereocenters. The van der Waals surface area contributed by atoms with E-state index >= 15 is 0 Å². The number of rotatable bonds is 0. The third kappa shape index (κ3) is 2.24. The Morgan fingerprint density at radius 3 is 2.26 bits per heavy atom. The Balaban J connectivity index is 2.36. The monoisotopic (exact) mass is 294 g/mol. The molecule has 0 radical (unpaired) electrons. The van der Waals surface area contributed by atoms with Crippen molar-refractivity contribution in [3.63, 3.8) is 0 Å². The lowest BCUT2D eigenvalue weighted by atomic mass is 9.99. The Labute approximate surface area is 135 Å². The zero-order chi connectivity index (χ0) is 15.8. The van der Waals surface area contributed by atoms with E-state index in [9.17, 15) is 0 Å². The second-order valence-electron chi connectivity index (χ2n) is 5.89. The fourth-order valence-corrected chi connectivity index (χ4v) is 3.33. The van der Waals surface area contributed by atoms with Crippen molar-refractivity contribution >= 4 is 34.2 Å². The van der Waals surface area contributed by atoms with E-state index in [1.54, 1.807) is 0 Å². The lowest BCUT2D eigenvalue weighted by Gasteiger charge is -2.05. The average molecular weight is 294 g/mol. The molecule has 0 aromatic heterocycles. The highest BCUT2D eigenvalue weighted by atomic mass is 14.0. The predicted molar refractivity (Wildman–Crippen MR) is 100 cm³/mol. The van der Waals surface area contributed by atoms with Crippen LogP contribution in [0.3, 0.4) is 0 Å². The van der Waals surface area contributed by atoms with Gasteiger partial charge in [-0.3, -0.25) is 0 Å². The van der Waals surface area contributed by atoms with Crippen LogP contribution < -0.4 is 10.4 Å². The van der Waals surface area contributed by atoms with Gasteiger partial charge in [0.15, 0.2) is 0 Å². The van der Waals surface area contributed by atoms with Gasteiger partial charge in [-0.25, -0.2) is 0 Å². The van der Waals surface area contributed by atoms with Crippen LogP contribution in [0.25, 0.3) is 34.2 Å². The molecule has 0 fully saturated rings. The quantitative estimate of drug-likeness (QED) is 0.419. The molecule has 0 heteroatoms. The first kappa shape index (κ1) is 13.8. The molecule has 0 saturated carbocycles. The fraction of sp³-hybridized carbons (Fsp3) is 0.0435. The van der Waals surface area contributed by atoms with Crippen molar-refractivity contribution in [1.29, 1.82) is 0 Å². The van der Waals surface area contributed by atoms with Gasteiger partial charge in [-0.05, 0) is 61.5 Å². The lowest BCUT2D eigenvalue weighted by molar-refractivity contribution is 1.42. The van der Waals surface area contributed by atoms with Crippen molar-refractivity contribution < 1.29 is 0 Å². The van der Waals surface area contributed by atoms with Crippen LogP contribution in [0, 0.1) is 10.4 Å². The first-order valence-corrected chi connectivity index (χ1v) is 7.94. The van der Waals surface area contributed by atoms with Gasteiger partial charge in [0, 0.05) is 0 Å². The molecule has 0 N–H and O–H groups in total. The van der Waals surface area contributed by atoms with Crippen molar-refractivity contribution in [3.8, 4) is 0 Å². The van der Waals surface area contributed by atoms with Gasteiger partial charge in [0.1, 0.15) is 0 Å². The van der Waals surface area contributed by atoms with Crippen LogP contribution in [0.4, 0.5) is 0 Å². The molecule has 0 nitrogen and oxygen atoms in total. The summed E-state index contributed by atoms with van der Waals surface area (Å²) in [5.74, 6) is 0. The van der Waals surface area contributed by atoms with E-state index in [2.05, 4.69) is 86.3 Å². The van der Waals surface area contributed by atoms with E-state index in [1.165, 1.54) is 37.2 Å². The maximum Gasteiger partial charge on any atom is -0.00988 e. The van der Waals surface area contributed by atoms with Crippen LogP contribution in [0.5, 0.6) is 0 Å². The van der Waals surface area contributed by atoms with Crippen molar-refractivity contribution in [2.24, 2.45) is 0 Å². The van der Waals surface area contributed by atoms with E-state index < -0.39 is 0 Å². The maximum atomic E-state index is 4.20. The summed E-state index contributed by atoms with van der Waals surface area (Å²) >= 11 is 0. The Kier molecular flexibility index (Phi) is 3.24. The van der Waals surface area contributed by atoms with Crippen LogP contribution in [0.2, 0.25) is 0 Å². The summed E-state index contributed by atoms with van der Waals surface area (Å²) in [6.07, 6.45) is 2.18. The molecule has 0 aliphatic carbocycles. The third-order valence-electron chi connectivity index (χ3n) is 4.53. The van der Waals surface area contributed by atoms with Gasteiger partial charge in [-0.2, -0.15) is 0 Å². The minimum Gasteiger partial charge on any atom is -0.0911 e. The Bertz CT molecular complexity index is 1230. The summed E-state index contributed by atoms with van der Waals surface area (Å²) < 4.78 is 0. The van der Waals surface area contributed by atoms with Crippen molar-refractivity contribution in [2.75, 3.05) is 0 Å². The SMILES string of the molecule is C=c1cccc/c1=c1\cc2c(ccc3ccccc32)cc1=CC. The van der Waals surface area contributed by atoms with E-state index in [0.29, 0.717) is 0 Å². The van der Waals surface area contributed by atoms with Crippen molar-refractivity contribution in [3.05, 3.63) is 93.7 Å². The third-order valence-corrected chi connectivity index (χ3v) is 4.53. The largest absolute Gasteiger partial charge is 0.0911 e. The minimum absolute atomic E-state index is 1.06. The van der Waals surface area contributed by atoms with Crippen molar-refractivity contribution in [2.45, 2.75) is 6.92 Å². The van der Waals surface area contributed by atoms with Gasteiger partial charge in [-0.1, -0.05) is 73.3 Å². The van der Waals surface area contributed by atoms with E-state index in [4.69, 9.17) is 0 Å². The van der Waals surface area contributed by atoms with Gasteiger partial charge < -0.3 is 0 Å². The number of hydrogen-bond donors (Lipinski definition) is 0. The molecular formula is C23H18. The minimum atomic E-state index is 1.06. The fourth-order valence-electron chi connectivity index (χ4n) is 3.33. The average Bonchev–Trinajstić information content (AvgIpc) is 2.61. The number of fused-ring (bicyclic) bond motifs is 3. The second-order valence-corrected chi connectivity index (χ2v) is 5.89. The van der Waals surface area contributed by atoms with Gasteiger partial charge in [0.25, 0.3) is 0 Å². The van der Waals surface area contributed by atoms with Gasteiger partial charge in [-0.15, -0.1) is 0 Å². The summed E-state index contributed by atoms with van der Waals surface area (Å²) in [6.45, 7) is 6.30. The highest BCUT2D eigenvalue weighted by Crippen LogP contribution is 2.24. The van der Waals surface area contributed by atoms with Gasteiger partial charge in [0.05, 0.1) is 0 Å². The number of benzene rings is 4. The Hall–Kier alpha value is -2.86. The highest BCUT2D eigenvalue weighted by Gasteiger charge is 2.01. The Morgan fingerprint density at radius 1 is 0.696 bits per heavy atom. The normalized spacial score (nSPS) is 13.7. The van der Waals surface area contributed by atoms with E-state index in [0.717, 1.165) is 5.22 Å². The standard InChI is InChI=1S/C23H18/c1-3-17-14-19-13-12-18-9-5-7-11-21(18)23(19)15-22(17)20-10-6-4-8-16(20)2/h3-15H,2H2,1H3/b17-3?,22-20-. The first-order valence-electron chi connectivity index (χ1n) is 7.94. The smallest absolute Gasteiger partial charge is 0.00988 e. The summed E-state index contributed by atoms with van der Waals surface area (Å²) in [5, 5.41) is 9.93. The molecule has 110 valence electrons. The topological polar surface area (TPSA) is 0 Å². The van der Waals surface area contributed by atoms with E-state index in [1.807, 2.05) is 6.07 Å². The molecular weight excluding hydrogens is 276 g/mol. The highest BCUT2D eigenvalue weighted by molar-refractivity contribution is 6.07. The van der Waals surface area contributed by atoms with Crippen LogP contribution in [-0.4, -0.2) is 0 Å². The lowest BCUT2D eigenvalue weighted by Crippen LogP contribution is -2.08. The van der Waals surface area contributed by atoms with E-state index in [-0.39, 0.29) is 0 Å². The van der Waals surface area contributed by atoms with Crippen LogP contribution in [0.1, 0.15) is 6.92 Å². The Morgan fingerprint density at radius 2 is 1.43 bits per heavy atom. The zero-order valence-electron chi connectivity index (χ0n) is 13.2. The van der Waals surface area contributed by atoms with Gasteiger partial charge >= 0.3 is 0 Å².